The predicted molar refractivity (Wildman–Crippen MR) is 89.5 cm³/mol. The van der Waals surface area contributed by atoms with E-state index in [9.17, 15) is 15.0 Å². The fourth-order valence-electron chi connectivity index (χ4n) is 2.81. The molecule has 4 N–H and O–H groups in total. The Bertz CT molecular complexity index is 490. The first kappa shape index (κ1) is 18.7. The zero-order chi connectivity index (χ0) is 15.2. The largest absolute Gasteiger partial charge is 0.508 e. The number of amides is 1. The van der Waals surface area contributed by atoms with Crippen molar-refractivity contribution >= 4 is 24.0 Å². The van der Waals surface area contributed by atoms with Crippen LogP contribution in [0.4, 0.5) is 5.69 Å². The van der Waals surface area contributed by atoms with Crippen LogP contribution < -0.4 is 10.6 Å². The minimum atomic E-state index is -0.702. The zero-order valence-corrected chi connectivity index (χ0v) is 13.7. The first-order valence-electron chi connectivity index (χ1n) is 7.57. The maximum absolute atomic E-state index is 11.1. The van der Waals surface area contributed by atoms with Crippen LogP contribution in [0.25, 0.3) is 0 Å². The molecule has 1 fully saturated rings. The smallest absolute Gasteiger partial charge is 0.221 e. The van der Waals surface area contributed by atoms with Crippen LogP contribution in [0.2, 0.25) is 0 Å². The van der Waals surface area contributed by atoms with Crippen molar-refractivity contribution in [2.75, 3.05) is 11.9 Å². The van der Waals surface area contributed by atoms with Gasteiger partial charge in [0.2, 0.25) is 5.91 Å². The topological polar surface area (TPSA) is 81.6 Å². The summed E-state index contributed by atoms with van der Waals surface area (Å²) < 4.78 is 0. The van der Waals surface area contributed by atoms with Crippen LogP contribution in [0, 0.1) is 0 Å². The molecular formula is C16H25ClN2O3. The Morgan fingerprint density at radius 1 is 1.27 bits per heavy atom. The van der Waals surface area contributed by atoms with Gasteiger partial charge < -0.3 is 20.8 Å². The summed E-state index contributed by atoms with van der Waals surface area (Å²) in [5.74, 6) is -0.172. The van der Waals surface area contributed by atoms with Crippen LogP contribution >= 0.6 is 12.4 Å². The van der Waals surface area contributed by atoms with Gasteiger partial charge in [-0.3, -0.25) is 4.79 Å². The second-order valence-electron chi connectivity index (χ2n) is 5.75. The number of anilines is 1. The quantitative estimate of drug-likeness (QED) is 0.670. The van der Waals surface area contributed by atoms with Gasteiger partial charge >= 0.3 is 0 Å². The number of halogens is 1. The number of phenols is 1. The Balaban J connectivity index is 0.00000242. The van der Waals surface area contributed by atoms with Crippen LogP contribution in [-0.2, 0) is 4.79 Å². The van der Waals surface area contributed by atoms with Gasteiger partial charge in [0.05, 0.1) is 6.10 Å². The summed E-state index contributed by atoms with van der Waals surface area (Å²) >= 11 is 0. The van der Waals surface area contributed by atoms with Gasteiger partial charge in [0.25, 0.3) is 0 Å². The third-order valence-corrected chi connectivity index (χ3v) is 3.85. The molecule has 0 aliphatic heterocycles. The molecule has 1 aromatic rings. The number of aromatic hydroxyl groups is 1. The fraction of sp³-hybridized carbons (Fsp3) is 0.562. The van der Waals surface area contributed by atoms with E-state index in [4.69, 9.17) is 0 Å². The summed E-state index contributed by atoms with van der Waals surface area (Å²) in [5.41, 5.74) is 1.09. The molecule has 0 spiro atoms. The maximum Gasteiger partial charge on any atom is 0.221 e. The minimum Gasteiger partial charge on any atom is -0.508 e. The van der Waals surface area contributed by atoms with E-state index in [0.717, 1.165) is 12.8 Å². The van der Waals surface area contributed by atoms with E-state index in [-0.39, 0.29) is 24.1 Å². The fourth-order valence-corrected chi connectivity index (χ4v) is 2.81. The third-order valence-electron chi connectivity index (χ3n) is 3.85. The van der Waals surface area contributed by atoms with Gasteiger partial charge in [0, 0.05) is 31.3 Å². The van der Waals surface area contributed by atoms with E-state index < -0.39 is 6.10 Å². The summed E-state index contributed by atoms with van der Waals surface area (Å²) in [7, 11) is 0. The molecule has 1 atom stereocenters. The lowest BCUT2D eigenvalue weighted by Gasteiger charge is -2.24. The highest BCUT2D eigenvalue weighted by Gasteiger charge is 2.16. The highest BCUT2D eigenvalue weighted by molar-refractivity contribution is 5.89. The van der Waals surface area contributed by atoms with Crippen LogP contribution in [0.5, 0.6) is 5.75 Å². The summed E-state index contributed by atoms with van der Waals surface area (Å²) in [4.78, 5) is 11.1. The molecule has 124 valence electrons. The van der Waals surface area contributed by atoms with Gasteiger partial charge in [-0.2, -0.15) is 0 Å². The molecule has 1 aliphatic carbocycles. The number of nitrogens with one attached hydrogen (secondary N) is 2. The number of hydrogen-bond donors (Lipinski definition) is 4. The average molecular weight is 329 g/mol. The van der Waals surface area contributed by atoms with E-state index in [0.29, 0.717) is 23.8 Å². The first-order valence-corrected chi connectivity index (χ1v) is 7.57. The summed E-state index contributed by atoms with van der Waals surface area (Å²) in [6.07, 6.45) is 5.40. The molecule has 5 nitrogen and oxygen atoms in total. The third kappa shape index (κ3) is 5.83. The molecule has 2 rings (SSSR count). The molecule has 6 heteroatoms. The number of benzene rings is 1. The van der Waals surface area contributed by atoms with Gasteiger partial charge in [-0.05, 0) is 30.5 Å². The van der Waals surface area contributed by atoms with Gasteiger partial charge in [-0.25, -0.2) is 0 Å². The second kappa shape index (κ2) is 8.98. The van der Waals surface area contributed by atoms with Crippen LogP contribution in [-0.4, -0.2) is 28.7 Å². The molecular weight excluding hydrogens is 304 g/mol. The van der Waals surface area contributed by atoms with E-state index in [2.05, 4.69) is 10.6 Å². The number of carbonyl (C=O) groups excluding carboxylic acids is 1. The van der Waals surface area contributed by atoms with E-state index in [1.807, 2.05) is 0 Å². The summed E-state index contributed by atoms with van der Waals surface area (Å²) in [6, 6.07) is 5.15. The van der Waals surface area contributed by atoms with Crippen molar-refractivity contribution in [1.82, 2.24) is 5.32 Å². The minimum absolute atomic E-state index is 0. The molecule has 1 saturated carbocycles. The number of hydrogen-bond acceptors (Lipinski definition) is 4. The molecule has 22 heavy (non-hydrogen) atoms. The molecule has 0 saturated heterocycles. The van der Waals surface area contributed by atoms with Gasteiger partial charge in [0.1, 0.15) is 5.75 Å². The number of aliphatic hydroxyl groups is 1. The van der Waals surface area contributed by atoms with Crippen LogP contribution in [0.3, 0.4) is 0 Å². The molecule has 1 aliphatic rings. The van der Waals surface area contributed by atoms with Crippen LogP contribution in [0.1, 0.15) is 50.7 Å². The van der Waals surface area contributed by atoms with E-state index in [1.165, 1.54) is 38.3 Å². The Morgan fingerprint density at radius 2 is 1.95 bits per heavy atom. The SMILES string of the molecule is CC(=O)Nc1cc(O)cc(C(O)CNC2CCCCC2)c1.Cl. The zero-order valence-electron chi connectivity index (χ0n) is 12.8. The molecule has 0 radical (unpaired) electrons. The van der Waals surface area contributed by atoms with Gasteiger partial charge in [0.15, 0.2) is 0 Å². The van der Waals surface area contributed by atoms with E-state index >= 15 is 0 Å². The predicted octanol–water partition coefficient (Wildman–Crippen LogP) is 2.73. The van der Waals surface area contributed by atoms with Crippen molar-refractivity contribution in [3.63, 3.8) is 0 Å². The van der Waals surface area contributed by atoms with Crippen molar-refractivity contribution in [3.8, 4) is 5.75 Å². The number of phenolic OH excluding ortho intramolecular Hbond substituents is 1. The second-order valence-corrected chi connectivity index (χ2v) is 5.75. The summed E-state index contributed by atoms with van der Waals surface area (Å²) in [5, 5.41) is 25.9. The summed E-state index contributed by atoms with van der Waals surface area (Å²) in [6.45, 7) is 1.86. The molecule has 1 amide bonds. The Hall–Kier alpha value is -1.30. The maximum atomic E-state index is 11.1. The van der Waals surface area contributed by atoms with Crippen molar-refractivity contribution in [3.05, 3.63) is 23.8 Å². The van der Waals surface area contributed by atoms with Crippen molar-refractivity contribution < 1.29 is 15.0 Å². The first-order chi connectivity index (χ1) is 10.0. The Kier molecular flexibility index (Phi) is 7.65. The van der Waals surface area contributed by atoms with E-state index in [1.54, 1.807) is 6.07 Å². The molecule has 1 aromatic carbocycles. The highest BCUT2D eigenvalue weighted by Crippen LogP contribution is 2.25. The normalized spacial score (nSPS) is 16.6. The Labute approximate surface area is 137 Å². The number of rotatable bonds is 5. The lowest BCUT2D eigenvalue weighted by atomic mass is 9.95. The molecule has 0 aromatic heterocycles. The lowest BCUT2D eigenvalue weighted by molar-refractivity contribution is -0.114. The standard InChI is InChI=1S/C16H24N2O3.ClH/c1-11(19)18-14-7-12(8-15(20)9-14)16(21)10-17-13-5-3-2-4-6-13;/h7-9,13,16-17,20-21H,2-6,10H2,1H3,(H,18,19);1H. The van der Waals surface area contributed by atoms with Crippen molar-refractivity contribution in [2.45, 2.75) is 51.2 Å². The van der Waals surface area contributed by atoms with Crippen molar-refractivity contribution in [2.24, 2.45) is 0 Å². The van der Waals surface area contributed by atoms with Gasteiger partial charge in [-0.15, -0.1) is 12.4 Å². The Morgan fingerprint density at radius 3 is 2.59 bits per heavy atom. The highest BCUT2D eigenvalue weighted by atomic mass is 35.5. The molecule has 0 bridgehead atoms. The monoisotopic (exact) mass is 328 g/mol. The number of aliphatic hydroxyl groups excluding tert-OH is 1. The molecule has 1 unspecified atom stereocenters. The average Bonchev–Trinajstić information content (AvgIpc) is 2.44. The van der Waals surface area contributed by atoms with Gasteiger partial charge in [-0.1, -0.05) is 19.3 Å². The van der Waals surface area contributed by atoms with Crippen LogP contribution in [0.15, 0.2) is 18.2 Å². The number of carbonyl (C=O) groups is 1. The van der Waals surface area contributed by atoms with Crippen molar-refractivity contribution in [1.29, 1.82) is 0 Å². The lowest BCUT2D eigenvalue weighted by Crippen LogP contribution is -2.34. The molecule has 0 heterocycles.